The van der Waals surface area contributed by atoms with E-state index in [2.05, 4.69) is 17.2 Å². The number of hydrogen-bond donors (Lipinski definition) is 1. The Balaban J connectivity index is 1.49. The van der Waals surface area contributed by atoms with Crippen LogP contribution in [-0.4, -0.2) is 41.4 Å². The van der Waals surface area contributed by atoms with Gasteiger partial charge in [0.05, 0.1) is 6.54 Å². The highest BCUT2D eigenvalue weighted by molar-refractivity contribution is 6.30. The summed E-state index contributed by atoms with van der Waals surface area (Å²) in [5, 5.41) is 3.27. The van der Waals surface area contributed by atoms with E-state index in [-0.39, 0.29) is 25.0 Å². The number of carbonyl (C=O) groups is 2. The van der Waals surface area contributed by atoms with E-state index >= 15 is 0 Å². The van der Waals surface area contributed by atoms with Crippen molar-refractivity contribution in [3.05, 3.63) is 46.6 Å². The number of rotatable bonds is 6. The molecule has 2 aromatic rings. The first-order chi connectivity index (χ1) is 13.4. The third kappa shape index (κ3) is 5.25. The van der Waals surface area contributed by atoms with Crippen LogP contribution in [0.5, 0.6) is 5.75 Å². The molecule has 1 aliphatic heterocycles. The number of benzene rings is 1. The molecule has 150 valence electrons. The number of piperidine rings is 1. The van der Waals surface area contributed by atoms with Crippen molar-refractivity contribution >= 4 is 23.4 Å². The van der Waals surface area contributed by atoms with Gasteiger partial charge in [-0.2, -0.15) is 0 Å². The minimum atomic E-state index is -0.316. The van der Waals surface area contributed by atoms with Gasteiger partial charge in [0.15, 0.2) is 12.3 Å². The number of nitrogens with one attached hydrogen (secondary N) is 1. The second-order valence-corrected chi connectivity index (χ2v) is 7.44. The number of aryl methyl sites for hydroxylation is 1. The lowest BCUT2D eigenvalue weighted by Gasteiger charge is -2.29. The average molecular weight is 406 g/mol. The molecule has 1 aromatic heterocycles. The van der Waals surface area contributed by atoms with Gasteiger partial charge in [0.1, 0.15) is 11.5 Å². The van der Waals surface area contributed by atoms with Crippen molar-refractivity contribution in [3.63, 3.8) is 0 Å². The first-order valence-electron chi connectivity index (χ1n) is 9.33. The van der Waals surface area contributed by atoms with E-state index in [4.69, 9.17) is 20.8 Å². The summed E-state index contributed by atoms with van der Waals surface area (Å²) in [7, 11) is 0. The Labute approximate surface area is 169 Å². The molecule has 7 nitrogen and oxygen atoms in total. The maximum atomic E-state index is 12.6. The largest absolute Gasteiger partial charge is 0.484 e. The van der Waals surface area contributed by atoms with E-state index in [1.165, 1.54) is 0 Å². The Morgan fingerprint density at radius 2 is 1.96 bits per heavy atom. The minimum Gasteiger partial charge on any atom is -0.484 e. The van der Waals surface area contributed by atoms with E-state index in [1.807, 2.05) is 4.90 Å². The van der Waals surface area contributed by atoms with Crippen LogP contribution in [0.15, 0.2) is 28.7 Å². The van der Waals surface area contributed by atoms with Crippen molar-refractivity contribution in [1.82, 2.24) is 15.2 Å². The van der Waals surface area contributed by atoms with Gasteiger partial charge in [-0.05, 0) is 49.9 Å². The molecule has 1 aromatic carbocycles. The molecule has 1 N–H and O–H groups in total. The lowest BCUT2D eigenvalue weighted by molar-refractivity contribution is -0.123. The number of carbonyl (C=O) groups excluding carboxylic acids is 2. The highest BCUT2D eigenvalue weighted by atomic mass is 35.5. The lowest BCUT2D eigenvalue weighted by Crippen LogP contribution is -2.38. The summed E-state index contributed by atoms with van der Waals surface area (Å²) >= 11 is 5.81. The third-order valence-corrected chi connectivity index (χ3v) is 4.99. The van der Waals surface area contributed by atoms with Crippen LogP contribution in [0.25, 0.3) is 0 Å². The normalized spacial score (nSPS) is 14.8. The summed E-state index contributed by atoms with van der Waals surface area (Å²) in [6.07, 6.45) is 2.00. The first-order valence-corrected chi connectivity index (χ1v) is 9.71. The predicted octanol–water partition coefficient (Wildman–Crippen LogP) is 3.20. The van der Waals surface area contributed by atoms with Crippen LogP contribution in [0.1, 0.15) is 41.9 Å². The molecule has 0 unspecified atom stereocenters. The van der Waals surface area contributed by atoms with E-state index < -0.39 is 0 Å². The Bertz CT molecular complexity index is 826. The van der Waals surface area contributed by atoms with Crippen LogP contribution in [-0.2, 0) is 11.3 Å². The number of amides is 2. The quantitative estimate of drug-likeness (QED) is 0.797. The molecule has 0 aliphatic carbocycles. The zero-order valence-electron chi connectivity index (χ0n) is 16.0. The molecule has 0 saturated carbocycles. The maximum Gasteiger partial charge on any atom is 0.276 e. The van der Waals surface area contributed by atoms with Crippen LogP contribution in [0, 0.1) is 12.8 Å². The Morgan fingerprint density at radius 1 is 1.29 bits per heavy atom. The monoisotopic (exact) mass is 405 g/mol. The summed E-state index contributed by atoms with van der Waals surface area (Å²) < 4.78 is 10.9. The molecular weight excluding hydrogens is 382 g/mol. The smallest absolute Gasteiger partial charge is 0.276 e. The second kappa shape index (κ2) is 9.10. The Morgan fingerprint density at radius 3 is 2.64 bits per heavy atom. The molecule has 1 aliphatic rings. The number of oxazole rings is 1. The van der Waals surface area contributed by atoms with Crippen molar-refractivity contribution in [2.24, 2.45) is 5.92 Å². The topological polar surface area (TPSA) is 84.7 Å². The SMILES string of the molecule is Cc1oc(CNC(=O)COc2ccc(Cl)cc2)nc1C(=O)N1CCC(C)CC1. The fraction of sp³-hybridized carbons (Fsp3) is 0.450. The molecule has 0 bridgehead atoms. The van der Waals surface area contributed by atoms with Crippen molar-refractivity contribution in [1.29, 1.82) is 0 Å². The van der Waals surface area contributed by atoms with Gasteiger partial charge in [0, 0.05) is 18.1 Å². The third-order valence-electron chi connectivity index (χ3n) is 4.73. The zero-order chi connectivity index (χ0) is 20.1. The number of hydrogen-bond acceptors (Lipinski definition) is 5. The number of nitrogens with zero attached hydrogens (tertiary/aromatic N) is 2. The molecule has 0 spiro atoms. The lowest BCUT2D eigenvalue weighted by atomic mass is 9.99. The Hall–Kier alpha value is -2.54. The van der Waals surface area contributed by atoms with Crippen LogP contribution in [0.3, 0.4) is 0 Å². The van der Waals surface area contributed by atoms with Crippen LogP contribution in [0.2, 0.25) is 5.02 Å². The van der Waals surface area contributed by atoms with E-state index in [1.54, 1.807) is 31.2 Å². The molecule has 8 heteroatoms. The molecule has 1 fully saturated rings. The average Bonchev–Trinajstić information content (AvgIpc) is 3.06. The van der Waals surface area contributed by atoms with E-state index in [0.29, 0.717) is 34.0 Å². The van der Waals surface area contributed by atoms with Crippen LogP contribution in [0.4, 0.5) is 0 Å². The van der Waals surface area contributed by atoms with Gasteiger partial charge >= 0.3 is 0 Å². The Kier molecular flexibility index (Phi) is 6.57. The summed E-state index contributed by atoms with van der Waals surface area (Å²) in [6, 6.07) is 6.75. The van der Waals surface area contributed by atoms with Crippen LogP contribution < -0.4 is 10.1 Å². The number of ether oxygens (including phenoxy) is 1. The standard InChI is InChI=1S/C20H24ClN3O4/c1-13-7-9-24(10-8-13)20(26)19-14(2)28-18(23-19)11-22-17(25)12-27-16-5-3-15(21)4-6-16/h3-6,13H,7-12H2,1-2H3,(H,22,25). The summed E-state index contributed by atoms with van der Waals surface area (Å²) in [6.45, 7) is 5.33. The fourth-order valence-corrected chi connectivity index (χ4v) is 3.12. The molecule has 2 amide bonds. The van der Waals surface area contributed by atoms with E-state index in [0.717, 1.165) is 25.9 Å². The van der Waals surface area contributed by atoms with Gasteiger partial charge in [-0.25, -0.2) is 4.98 Å². The highest BCUT2D eigenvalue weighted by Crippen LogP contribution is 2.20. The number of likely N-dealkylation sites (tertiary alicyclic amines) is 1. The van der Waals surface area contributed by atoms with E-state index in [9.17, 15) is 9.59 Å². The van der Waals surface area contributed by atoms with Gasteiger partial charge < -0.3 is 19.4 Å². The maximum absolute atomic E-state index is 12.6. The predicted molar refractivity (Wildman–Crippen MR) is 104 cm³/mol. The molecular formula is C20H24ClN3O4. The van der Waals surface area contributed by atoms with Gasteiger partial charge in [-0.15, -0.1) is 0 Å². The second-order valence-electron chi connectivity index (χ2n) is 7.01. The molecule has 0 radical (unpaired) electrons. The number of halogens is 1. The van der Waals surface area contributed by atoms with Gasteiger partial charge in [0.25, 0.3) is 11.8 Å². The molecule has 2 heterocycles. The summed E-state index contributed by atoms with van der Waals surface area (Å²) in [5.41, 5.74) is 0.316. The van der Waals surface area contributed by atoms with Crippen molar-refractivity contribution in [3.8, 4) is 5.75 Å². The first kappa shape index (κ1) is 20.2. The van der Waals surface area contributed by atoms with Gasteiger partial charge in [-0.1, -0.05) is 18.5 Å². The molecule has 0 atom stereocenters. The fourth-order valence-electron chi connectivity index (χ4n) is 2.99. The summed E-state index contributed by atoms with van der Waals surface area (Å²) in [4.78, 5) is 30.7. The summed E-state index contributed by atoms with van der Waals surface area (Å²) in [5.74, 6) is 1.52. The zero-order valence-corrected chi connectivity index (χ0v) is 16.8. The molecule has 28 heavy (non-hydrogen) atoms. The van der Waals surface area contributed by atoms with Crippen molar-refractivity contribution in [2.45, 2.75) is 33.2 Å². The minimum absolute atomic E-state index is 0.0912. The van der Waals surface area contributed by atoms with Crippen LogP contribution >= 0.6 is 11.6 Å². The molecule has 3 rings (SSSR count). The van der Waals surface area contributed by atoms with Crippen molar-refractivity contribution in [2.75, 3.05) is 19.7 Å². The van der Waals surface area contributed by atoms with Crippen molar-refractivity contribution < 1.29 is 18.7 Å². The highest BCUT2D eigenvalue weighted by Gasteiger charge is 2.26. The van der Waals surface area contributed by atoms with Gasteiger partial charge in [0.2, 0.25) is 5.89 Å². The molecule has 1 saturated heterocycles. The van der Waals surface area contributed by atoms with Gasteiger partial charge in [-0.3, -0.25) is 9.59 Å². The number of aromatic nitrogens is 1.